The molecule has 6 heteroatoms. The lowest BCUT2D eigenvalue weighted by Crippen LogP contribution is -2.50. The van der Waals surface area contributed by atoms with Gasteiger partial charge in [-0.15, -0.1) is 0 Å². The summed E-state index contributed by atoms with van der Waals surface area (Å²) in [4.78, 5) is 20.4. The van der Waals surface area contributed by atoms with Crippen LogP contribution in [0.3, 0.4) is 0 Å². The maximum absolute atomic E-state index is 10.2. The van der Waals surface area contributed by atoms with Crippen molar-refractivity contribution in [1.29, 1.82) is 0 Å². The SMILES string of the molecule is O=C([O-])c1ccc(C(=O)[O-])cc1.[NH3+]CCCCCCCC[NH3+]. The fourth-order valence-corrected chi connectivity index (χ4v) is 1.80. The van der Waals surface area contributed by atoms with Crippen LogP contribution < -0.4 is 21.7 Å². The van der Waals surface area contributed by atoms with Crippen molar-refractivity contribution in [3.8, 4) is 0 Å². The average Bonchev–Trinajstić information content (AvgIpc) is 2.51. The van der Waals surface area contributed by atoms with E-state index in [1.807, 2.05) is 0 Å². The Morgan fingerprint density at radius 2 is 0.955 bits per heavy atom. The first-order chi connectivity index (χ1) is 10.5. The molecule has 0 aliphatic heterocycles. The molecule has 1 aromatic rings. The Bertz CT molecular complexity index is 391. The fraction of sp³-hybridized carbons (Fsp3) is 0.500. The van der Waals surface area contributed by atoms with Gasteiger partial charge in [0.25, 0.3) is 0 Å². The lowest BCUT2D eigenvalue weighted by atomic mass is 10.1. The molecule has 22 heavy (non-hydrogen) atoms. The van der Waals surface area contributed by atoms with Crippen LogP contribution in [0.25, 0.3) is 0 Å². The van der Waals surface area contributed by atoms with Gasteiger partial charge in [0.15, 0.2) is 0 Å². The highest BCUT2D eigenvalue weighted by Gasteiger charge is 1.94. The van der Waals surface area contributed by atoms with Crippen molar-refractivity contribution >= 4 is 11.9 Å². The van der Waals surface area contributed by atoms with E-state index in [2.05, 4.69) is 11.5 Å². The fourth-order valence-electron chi connectivity index (χ4n) is 1.80. The molecular weight excluding hydrogens is 284 g/mol. The number of rotatable bonds is 9. The second-order valence-corrected chi connectivity index (χ2v) is 4.98. The molecule has 1 aromatic carbocycles. The molecule has 0 saturated carbocycles. The molecule has 0 aliphatic carbocycles. The first kappa shape index (κ1) is 20.1. The highest BCUT2D eigenvalue weighted by atomic mass is 16.4. The van der Waals surface area contributed by atoms with Crippen LogP contribution in [0, 0.1) is 0 Å². The third kappa shape index (κ3) is 9.90. The van der Waals surface area contributed by atoms with Gasteiger partial charge in [-0.25, -0.2) is 0 Å². The maximum atomic E-state index is 10.2. The summed E-state index contributed by atoms with van der Waals surface area (Å²) in [6, 6.07) is 4.61. The second kappa shape index (κ2) is 12.8. The summed E-state index contributed by atoms with van der Waals surface area (Å²) in [5.41, 5.74) is 7.51. The number of carbonyl (C=O) groups excluding carboxylic acids is 2. The predicted molar refractivity (Wildman–Crippen MR) is 78.3 cm³/mol. The lowest BCUT2D eigenvalue weighted by Gasteiger charge is -2.04. The molecular formula is C16H26N2O4. The number of unbranched alkanes of at least 4 members (excludes halogenated alkanes) is 5. The average molecular weight is 310 g/mol. The van der Waals surface area contributed by atoms with Crippen LogP contribution in [0.1, 0.15) is 59.2 Å². The Morgan fingerprint density at radius 1 is 0.682 bits per heavy atom. The van der Waals surface area contributed by atoms with Gasteiger partial charge in [0.05, 0.1) is 25.0 Å². The molecule has 6 N–H and O–H groups in total. The van der Waals surface area contributed by atoms with Crippen molar-refractivity contribution < 1.29 is 31.3 Å². The van der Waals surface area contributed by atoms with Crippen molar-refractivity contribution in [2.75, 3.05) is 13.1 Å². The highest BCUT2D eigenvalue weighted by molar-refractivity contribution is 5.89. The zero-order valence-corrected chi connectivity index (χ0v) is 13.0. The molecule has 0 fully saturated rings. The zero-order chi connectivity index (χ0) is 16.8. The van der Waals surface area contributed by atoms with E-state index in [4.69, 9.17) is 0 Å². The van der Waals surface area contributed by atoms with Crippen molar-refractivity contribution in [2.45, 2.75) is 38.5 Å². The summed E-state index contributed by atoms with van der Waals surface area (Å²) in [5, 5.41) is 20.4. The number of aromatic carboxylic acids is 2. The summed E-state index contributed by atoms with van der Waals surface area (Å²) in [5.74, 6) is -2.67. The van der Waals surface area contributed by atoms with Crippen LogP contribution in [0.5, 0.6) is 0 Å². The monoisotopic (exact) mass is 310 g/mol. The molecule has 6 nitrogen and oxygen atoms in total. The third-order valence-corrected chi connectivity index (χ3v) is 3.11. The minimum atomic E-state index is -1.33. The Hall–Kier alpha value is -1.92. The lowest BCUT2D eigenvalue weighted by molar-refractivity contribution is -0.369. The smallest absolute Gasteiger partial charge is 0.0739 e. The Morgan fingerprint density at radius 3 is 1.18 bits per heavy atom. The predicted octanol–water partition coefficient (Wildman–Crippen LogP) is -1.78. The summed E-state index contributed by atoms with van der Waals surface area (Å²) < 4.78 is 0. The standard InChI is InChI=1S/C8H20N2.C8H6O4/c9-7-5-3-1-2-4-6-8-10;9-7(10)5-1-2-6(4-3-5)8(11)12/h1-10H2;1-4H,(H,9,10)(H,11,12). The molecule has 0 spiro atoms. The molecule has 0 atom stereocenters. The molecule has 0 bridgehead atoms. The van der Waals surface area contributed by atoms with Crippen molar-refractivity contribution in [1.82, 2.24) is 0 Å². The molecule has 124 valence electrons. The number of carboxylic acid groups (broad SMARTS) is 2. The topological polar surface area (TPSA) is 136 Å². The van der Waals surface area contributed by atoms with Gasteiger partial charge in [-0.3, -0.25) is 0 Å². The van der Waals surface area contributed by atoms with Gasteiger partial charge in [-0.05, 0) is 36.8 Å². The summed E-state index contributed by atoms with van der Waals surface area (Å²) >= 11 is 0. The van der Waals surface area contributed by atoms with Crippen molar-refractivity contribution in [2.24, 2.45) is 0 Å². The normalized spacial score (nSPS) is 9.73. The maximum Gasteiger partial charge on any atom is 0.0739 e. The number of carboxylic acids is 2. The van der Waals surface area contributed by atoms with E-state index in [0.29, 0.717) is 0 Å². The van der Waals surface area contributed by atoms with Crippen molar-refractivity contribution in [3.05, 3.63) is 35.4 Å². The first-order valence-corrected chi connectivity index (χ1v) is 7.64. The number of benzene rings is 1. The van der Waals surface area contributed by atoms with E-state index in [9.17, 15) is 19.8 Å². The molecule has 0 saturated heterocycles. The van der Waals surface area contributed by atoms with Gasteiger partial charge in [-0.1, -0.05) is 37.1 Å². The van der Waals surface area contributed by atoms with Gasteiger partial charge in [0.1, 0.15) is 0 Å². The van der Waals surface area contributed by atoms with Crippen LogP contribution in [0.15, 0.2) is 24.3 Å². The quantitative estimate of drug-likeness (QED) is 0.521. The summed E-state index contributed by atoms with van der Waals surface area (Å²) in [6.07, 6.45) is 8.17. The van der Waals surface area contributed by atoms with Crippen molar-refractivity contribution in [3.63, 3.8) is 0 Å². The van der Waals surface area contributed by atoms with Crippen LogP contribution >= 0.6 is 0 Å². The van der Waals surface area contributed by atoms with E-state index in [1.54, 1.807) is 0 Å². The molecule has 1 rings (SSSR count). The minimum Gasteiger partial charge on any atom is -0.545 e. The van der Waals surface area contributed by atoms with E-state index in [-0.39, 0.29) is 11.1 Å². The van der Waals surface area contributed by atoms with Gasteiger partial charge in [0.2, 0.25) is 0 Å². The number of quaternary nitrogens is 2. The number of hydrogen-bond acceptors (Lipinski definition) is 4. The first-order valence-electron chi connectivity index (χ1n) is 7.64. The Kier molecular flexibility index (Phi) is 11.7. The molecule has 0 aromatic heterocycles. The van der Waals surface area contributed by atoms with Gasteiger partial charge in [-0.2, -0.15) is 0 Å². The van der Waals surface area contributed by atoms with Gasteiger partial charge < -0.3 is 31.3 Å². The van der Waals surface area contributed by atoms with E-state index in [1.165, 1.54) is 38.5 Å². The van der Waals surface area contributed by atoms with E-state index in [0.717, 1.165) is 37.4 Å². The Labute approximate surface area is 131 Å². The van der Waals surface area contributed by atoms with Crippen LogP contribution in [0.4, 0.5) is 0 Å². The van der Waals surface area contributed by atoms with E-state index >= 15 is 0 Å². The minimum absolute atomic E-state index is 0.0556. The zero-order valence-electron chi connectivity index (χ0n) is 13.0. The number of carbonyl (C=O) groups is 2. The summed E-state index contributed by atoms with van der Waals surface area (Å²) in [6.45, 7) is 2.21. The van der Waals surface area contributed by atoms with Crippen LogP contribution in [-0.4, -0.2) is 25.0 Å². The van der Waals surface area contributed by atoms with Crippen LogP contribution in [0.2, 0.25) is 0 Å². The Balaban J connectivity index is 0.000000409. The summed E-state index contributed by atoms with van der Waals surface area (Å²) in [7, 11) is 0. The highest BCUT2D eigenvalue weighted by Crippen LogP contribution is 2.03. The third-order valence-electron chi connectivity index (χ3n) is 3.11. The van der Waals surface area contributed by atoms with Gasteiger partial charge in [0, 0.05) is 0 Å². The molecule has 0 heterocycles. The van der Waals surface area contributed by atoms with E-state index < -0.39 is 11.9 Å². The molecule has 0 radical (unpaired) electrons. The molecule has 0 unspecified atom stereocenters. The second-order valence-electron chi connectivity index (χ2n) is 4.98. The molecule has 0 aliphatic rings. The van der Waals surface area contributed by atoms with Crippen LogP contribution in [-0.2, 0) is 0 Å². The largest absolute Gasteiger partial charge is 0.545 e. The number of hydrogen-bond donors (Lipinski definition) is 2. The van der Waals surface area contributed by atoms with Gasteiger partial charge >= 0.3 is 0 Å². The molecule has 0 amide bonds.